The van der Waals surface area contributed by atoms with Crippen LogP contribution in [0.25, 0.3) is 33.1 Å². The number of aryl methyl sites for hydroxylation is 1. The molecule has 2 heterocycles. The highest BCUT2D eigenvalue weighted by Gasteiger charge is 2.21. The van der Waals surface area contributed by atoms with Crippen molar-refractivity contribution in [1.29, 1.82) is 0 Å². The van der Waals surface area contributed by atoms with E-state index < -0.39 is 0 Å². The molecule has 2 aromatic carbocycles. The Morgan fingerprint density at radius 3 is 2.68 bits per heavy atom. The first kappa shape index (κ1) is 19.1. The molecule has 2 aromatic heterocycles. The minimum atomic E-state index is 0.642. The molecule has 6 heteroatoms. The number of fused-ring (bicyclic) bond motifs is 2. The predicted octanol–water partition coefficient (Wildman–Crippen LogP) is 5.98. The van der Waals surface area contributed by atoms with E-state index in [-0.39, 0.29) is 0 Å². The lowest BCUT2D eigenvalue weighted by Crippen LogP contribution is -2.00. The van der Waals surface area contributed by atoms with Crippen LogP contribution < -0.4 is 10.5 Å². The summed E-state index contributed by atoms with van der Waals surface area (Å²) in [6.45, 7) is 0.660. The van der Waals surface area contributed by atoms with Gasteiger partial charge in [0, 0.05) is 22.5 Å². The number of methoxy groups -OCH3 is 1. The molecule has 0 unspecified atom stereocenters. The van der Waals surface area contributed by atoms with Crippen molar-refractivity contribution < 1.29 is 4.74 Å². The molecule has 0 radical (unpaired) electrons. The summed E-state index contributed by atoms with van der Waals surface area (Å²) in [5.74, 6) is 0.777. The Bertz CT molecular complexity index is 1150. The molecule has 4 rings (SSSR count). The molecule has 28 heavy (non-hydrogen) atoms. The fourth-order valence-corrected chi connectivity index (χ4v) is 4.24. The zero-order chi connectivity index (χ0) is 19.7. The number of nitrogens with zero attached hydrogens (tertiary/aromatic N) is 1. The number of nitrogens with two attached hydrogens (primary N) is 1. The average Bonchev–Trinajstić information content (AvgIpc) is 3.10. The smallest absolute Gasteiger partial charge is 0.128 e. The molecular weight excluding hydrogens is 393 g/mol. The number of pyridine rings is 1. The first-order chi connectivity index (χ1) is 13.7. The Kier molecular flexibility index (Phi) is 5.44. The van der Waals surface area contributed by atoms with Gasteiger partial charge in [0.2, 0.25) is 0 Å². The second kappa shape index (κ2) is 8.00. The first-order valence-corrected chi connectivity index (χ1v) is 10.0. The van der Waals surface area contributed by atoms with E-state index in [0.717, 1.165) is 63.6 Å². The van der Waals surface area contributed by atoms with Gasteiger partial charge in [0.1, 0.15) is 5.75 Å². The van der Waals surface area contributed by atoms with E-state index in [2.05, 4.69) is 16.0 Å². The van der Waals surface area contributed by atoms with E-state index in [9.17, 15) is 0 Å². The van der Waals surface area contributed by atoms with Crippen molar-refractivity contribution in [2.45, 2.75) is 19.3 Å². The summed E-state index contributed by atoms with van der Waals surface area (Å²) in [5, 5.41) is 3.30. The lowest BCUT2D eigenvalue weighted by molar-refractivity contribution is 0.417. The van der Waals surface area contributed by atoms with Crippen molar-refractivity contribution in [2.24, 2.45) is 5.73 Å². The van der Waals surface area contributed by atoms with Gasteiger partial charge in [0.05, 0.1) is 33.9 Å². The topological polar surface area (TPSA) is 63.9 Å². The number of aromatic nitrogens is 2. The Labute approximate surface area is 173 Å². The molecule has 144 valence electrons. The third-order valence-corrected chi connectivity index (χ3v) is 5.68. The lowest BCUT2D eigenvalue weighted by Gasteiger charge is -2.13. The summed E-state index contributed by atoms with van der Waals surface area (Å²) >= 11 is 13.1. The summed E-state index contributed by atoms with van der Waals surface area (Å²) in [6.07, 6.45) is 4.54. The quantitative estimate of drug-likeness (QED) is 0.382. The van der Waals surface area contributed by atoms with Crippen LogP contribution in [0, 0.1) is 0 Å². The van der Waals surface area contributed by atoms with E-state index in [4.69, 9.17) is 33.7 Å². The van der Waals surface area contributed by atoms with Gasteiger partial charge in [-0.3, -0.25) is 4.98 Å². The van der Waals surface area contributed by atoms with E-state index in [1.165, 1.54) is 0 Å². The molecule has 0 saturated heterocycles. The van der Waals surface area contributed by atoms with Gasteiger partial charge in [-0.1, -0.05) is 29.3 Å². The van der Waals surface area contributed by atoms with Gasteiger partial charge >= 0.3 is 0 Å². The van der Waals surface area contributed by atoms with Crippen LogP contribution in [0.15, 0.2) is 42.6 Å². The monoisotopic (exact) mass is 413 g/mol. The van der Waals surface area contributed by atoms with Gasteiger partial charge < -0.3 is 15.5 Å². The third-order valence-electron chi connectivity index (χ3n) is 5.05. The maximum Gasteiger partial charge on any atom is 0.128 e. The standard InChI is InChI=1S/C22H21Cl2N3O/c1-28-18-10-9-17-13(6-4-12-26-17)20(18)21-14(5-2-3-11-25)19-15(23)7-8-16(24)22(19)27-21/h4,6-10,12,27H,2-3,5,11,25H2,1H3. The molecule has 0 saturated carbocycles. The van der Waals surface area contributed by atoms with Gasteiger partial charge in [-0.2, -0.15) is 0 Å². The molecule has 0 bridgehead atoms. The fourth-order valence-electron chi connectivity index (χ4n) is 3.76. The number of rotatable bonds is 6. The highest BCUT2D eigenvalue weighted by atomic mass is 35.5. The molecule has 0 aliphatic rings. The number of hydrogen-bond donors (Lipinski definition) is 2. The van der Waals surface area contributed by atoms with Crippen molar-refractivity contribution in [2.75, 3.05) is 13.7 Å². The summed E-state index contributed by atoms with van der Waals surface area (Å²) in [5.41, 5.74) is 10.5. The second-order valence-corrected chi connectivity index (χ2v) is 7.53. The number of unbranched alkanes of at least 4 members (excludes halogenated alkanes) is 1. The molecule has 0 fully saturated rings. The number of hydrogen-bond acceptors (Lipinski definition) is 3. The van der Waals surface area contributed by atoms with Crippen LogP contribution in [-0.2, 0) is 6.42 Å². The lowest BCUT2D eigenvalue weighted by atomic mass is 9.97. The van der Waals surface area contributed by atoms with E-state index in [1.807, 2.05) is 30.3 Å². The Hall–Kier alpha value is -2.27. The average molecular weight is 414 g/mol. The SMILES string of the molecule is COc1ccc2ncccc2c1-c1[nH]c2c(Cl)ccc(Cl)c2c1CCCCN. The Morgan fingerprint density at radius 2 is 1.89 bits per heavy atom. The minimum absolute atomic E-state index is 0.642. The predicted molar refractivity (Wildman–Crippen MR) is 118 cm³/mol. The summed E-state index contributed by atoms with van der Waals surface area (Å²) in [7, 11) is 1.68. The van der Waals surface area contributed by atoms with Gasteiger partial charge in [0.25, 0.3) is 0 Å². The third kappa shape index (κ3) is 3.22. The van der Waals surface area contributed by atoms with Crippen molar-refractivity contribution >= 4 is 45.0 Å². The molecule has 4 nitrogen and oxygen atoms in total. The first-order valence-electron chi connectivity index (χ1n) is 9.26. The maximum atomic E-state index is 6.59. The molecule has 0 spiro atoms. The van der Waals surface area contributed by atoms with Gasteiger partial charge in [-0.15, -0.1) is 0 Å². The van der Waals surface area contributed by atoms with Gasteiger partial charge in [-0.25, -0.2) is 0 Å². The van der Waals surface area contributed by atoms with Crippen LogP contribution in [0.3, 0.4) is 0 Å². The minimum Gasteiger partial charge on any atom is -0.496 e. The number of aromatic amines is 1. The highest BCUT2D eigenvalue weighted by molar-refractivity contribution is 6.40. The van der Waals surface area contributed by atoms with E-state index in [0.29, 0.717) is 16.6 Å². The zero-order valence-corrected chi connectivity index (χ0v) is 17.1. The summed E-state index contributed by atoms with van der Waals surface area (Å²) < 4.78 is 5.71. The van der Waals surface area contributed by atoms with Crippen LogP contribution >= 0.6 is 23.2 Å². The summed E-state index contributed by atoms with van der Waals surface area (Å²) in [6, 6.07) is 11.6. The highest BCUT2D eigenvalue weighted by Crippen LogP contribution is 2.43. The van der Waals surface area contributed by atoms with Gasteiger partial charge in [-0.05, 0) is 61.7 Å². The molecule has 0 amide bonds. The van der Waals surface area contributed by atoms with Crippen molar-refractivity contribution in [3.63, 3.8) is 0 Å². The Balaban J connectivity index is 2.06. The van der Waals surface area contributed by atoms with Crippen molar-refractivity contribution in [1.82, 2.24) is 9.97 Å². The maximum absolute atomic E-state index is 6.59. The van der Waals surface area contributed by atoms with Gasteiger partial charge in [0.15, 0.2) is 0 Å². The largest absolute Gasteiger partial charge is 0.496 e. The number of nitrogens with one attached hydrogen (secondary N) is 1. The number of benzene rings is 2. The molecule has 0 aliphatic heterocycles. The normalized spacial score (nSPS) is 11.4. The molecule has 0 atom stereocenters. The van der Waals surface area contributed by atoms with Crippen LogP contribution in [0.4, 0.5) is 0 Å². The second-order valence-electron chi connectivity index (χ2n) is 6.72. The number of ether oxygens (including phenoxy) is 1. The van der Waals surface area contributed by atoms with Crippen molar-refractivity contribution in [3.8, 4) is 17.0 Å². The fraction of sp³-hybridized carbons (Fsp3) is 0.227. The van der Waals surface area contributed by atoms with Crippen LogP contribution in [0.2, 0.25) is 10.0 Å². The van der Waals surface area contributed by atoms with Crippen molar-refractivity contribution in [3.05, 3.63) is 58.2 Å². The molecule has 3 N–H and O–H groups in total. The number of halogens is 2. The Morgan fingerprint density at radius 1 is 1.07 bits per heavy atom. The van der Waals surface area contributed by atoms with E-state index >= 15 is 0 Å². The van der Waals surface area contributed by atoms with Crippen LogP contribution in [0.1, 0.15) is 18.4 Å². The van der Waals surface area contributed by atoms with Crippen LogP contribution in [0.5, 0.6) is 5.75 Å². The molecule has 0 aliphatic carbocycles. The summed E-state index contributed by atoms with van der Waals surface area (Å²) in [4.78, 5) is 8.03. The molecular formula is C22H21Cl2N3O. The van der Waals surface area contributed by atoms with Crippen LogP contribution in [-0.4, -0.2) is 23.6 Å². The molecule has 4 aromatic rings. The van der Waals surface area contributed by atoms with E-state index in [1.54, 1.807) is 13.3 Å². The zero-order valence-electron chi connectivity index (χ0n) is 15.6. The number of H-pyrrole nitrogens is 1.